The van der Waals surface area contributed by atoms with Crippen LogP contribution in [0, 0.1) is 27.4 Å². The molecule has 17 heteroatoms. The number of guanidine groups is 1. The van der Waals surface area contributed by atoms with E-state index in [0.717, 1.165) is 6.26 Å². The summed E-state index contributed by atoms with van der Waals surface area (Å²) in [4.78, 5) is 32.5. The number of nitrogens with two attached hydrogens (primary N) is 3. The lowest BCUT2D eigenvalue weighted by molar-refractivity contribution is -0.420. The Morgan fingerprint density at radius 2 is 2.08 bits per heavy atom. The molecule has 0 bridgehead atoms. The van der Waals surface area contributed by atoms with Crippen molar-refractivity contribution in [3.8, 4) is 11.8 Å². The topological polar surface area (TPSA) is 257 Å². The molecule has 2 atom stereocenters. The molecule has 200 valence electrons. The number of carboxylic acid groups (broad SMARTS) is 1. The summed E-state index contributed by atoms with van der Waals surface area (Å²) in [7, 11) is -0.824. The standard InChI is InChI=1S/C20H27N9O7S/c1-27(2)14-9-12(7-6-11(14)10-21)36-17-16(29(32)33)15(26-20(28(17)24)37(3,34)35)13(18(30)31)5-4-8-25-19(22)23/h6-7,9,13,20H,4-5,8,24H2,1-3H3,(H,30,31)(H4,22,23,25). The first-order valence-electron chi connectivity index (χ1n) is 10.6. The average Bonchev–Trinajstić information content (AvgIpc) is 2.78. The molecule has 1 heterocycles. The van der Waals surface area contributed by atoms with Gasteiger partial charge in [-0.25, -0.2) is 24.3 Å². The number of allylic oxidation sites excluding steroid dienone is 1. The first kappa shape index (κ1) is 28.8. The summed E-state index contributed by atoms with van der Waals surface area (Å²) in [6.07, 6.45) is 0.666. The molecule has 16 nitrogen and oxygen atoms in total. The fourth-order valence-electron chi connectivity index (χ4n) is 3.44. The number of aliphatic imine (C=N–C) groups is 2. The third-order valence-corrected chi connectivity index (χ3v) is 6.19. The Balaban J connectivity index is 2.69. The summed E-state index contributed by atoms with van der Waals surface area (Å²) < 4.78 is 30.6. The van der Waals surface area contributed by atoms with Crippen molar-refractivity contribution in [2.75, 3.05) is 31.8 Å². The third-order valence-electron chi connectivity index (χ3n) is 5.09. The molecule has 2 unspecified atom stereocenters. The van der Waals surface area contributed by atoms with Gasteiger partial charge in [-0.15, -0.1) is 0 Å². The Kier molecular flexibility index (Phi) is 8.98. The molecule has 0 fully saturated rings. The molecule has 0 amide bonds. The zero-order valence-corrected chi connectivity index (χ0v) is 21.0. The number of anilines is 1. The summed E-state index contributed by atoms with van der Waals surface area (Å²) in [5.41, 5.74) is 7.72. The summed E-state index contributed by atoms with van der Waals surface area (Å²) >= 11 is 0. The van der Waals surface area contributed by atoms with Crippen LogP contribution >= 0.6 is 0 Å². The number of benzene rings is 1. The number of rotatable bonds is 11. The Morgan fingerprint density at radius 1 is 1.43 bits per heavy atom. The van der Waals surface area contributed by atoms with Gasteiger partial charge >= 0.3 is 11.7 Å². The van der Waals surface area contributed by atoms with Crippen molar-refractivity contribution in [1.82, 2.24) is 5.01 Å². The highest BCUT2D eigenvalue weighted by molar-refractivity contribution is 7.91. The number of ether oxygens (including phenoxy) is 1. The fourth-order valence-corrected chi connectivity index (χ4v) is 4.25. The first-order chi connectivity index (χ1) is 17.2. The molecule has 0 saturated heterocycles. The van der Waals surface area contributed by atoms with E-state index in [0.29, 0.717) is 10.7 Å². The predicted octanol–water partition coefficient (Wildman–Crippen LogP) is -0.838. The van der Waals surface area contributed by atoms with E-state index in [1.165, 1.54) is 18.2 Å². The minimum Gasteiger partial charge on any atom is -0.481 e. The van der Waals surface area contributed by atoms with E-state index in [9.17, 15) is 33.7 Å². The molecule has 0 saturated carbocycles. The van der Waals surface area contributed by atoms with Gasteiger partial charge < -0.3 is 26.2 Å². The lowest BCUT2D eigenvalue weighted by Gasteiger charge is -2.31. The normalized spacial score (nSPS) is 16.4. The maximum atomic E-state index is 12.5. The number of carboxylic acids is 1. The molecule has 0 radical (unpaired) electrons. The van der Waals surface area contributed by atoms with Crippen molar-refractivity contribution in [1.29, 1.82) is 5.26 Å². The van der Waals surface area contributed by atoms with Crippen LogP contribution in [-0.2, 0) is 14.6 Å². The minimum atomic E-state index is -4.13. The second-order valence-electron chi connectivity index (χ2n) is 8.12. The Hall–Kier alpha value is -4.43. The van der Waals surface area contributed by atoms with E-state index in [1.54, 1.807) is 19.0 Å². The van der Waals surface area contributed by atoms with Gasteiger partial charge in [0.05, 0.1) is 16.2 Å². The van der Waals surface area contributed by atoms with E-state index in [-0.39, 0.29) is 36.7 Å². The molecule has 1 aromatic carbocycles. The van der Waals surface area contributed by atoms with E-state index in [4.69, 9.17) is 22.0 Å². The number of aliphatic carboxylic acids is 1. The second kappa shape index (κ2) is 11.5. The van der Waals surface area contributed by atoms with Crippen LogP contribution in [0.5, 0.6) is 5.75 Å². The zero-order chi connectivity index (χ0) is 28.1. The lowest BCUT2D eigenvalue weighted by atomic mass is 9.94. The molecule has 0 spiro atoms. The van der Waals surface area contributed by atoms with Gasteiger partial charge in [0.1, 0.15) is 23.4 Å². The highest BCUT2D eigenvalue weighted by Gasteiger charge is 2.46. The number of nitriles is 1. The van der Waals surface area contributed by atoms with Gasteiger partial charge in [0.15, 0.2) is 15.8 Å². The summed E-state index contributed by atoms with van der Waals surface area (Å²) in [5, 5.41) is 31.8. The molecule has 1 aliphatic heterocycles. The average molecular weight is 538 g/mol. The Morgan fingerprint density at radius 3 is 2.57 bits per heavy atom. The van der Waals surface area contributed by atoms with E-state index < -0.39 is 49.4 Å². The van der Waals surface area contributed by atoms with Crippen LogP contribution in [-0.4, -0.2) is 73.5 Å². The highest BCUT2D eigenvalue weighted by atomic mass is 32.2. The fraction of sp³-hybridized carbons (Fsp3) is 0.400. The maximum Gasteiger partial charge on any atom is 0.352 e. The van der Waals surface area contributed by atoms with Gasteiger partial charge in [0.25, 0.3) is 5.88 Å². The third kappa shape index (κ3) is 6.83. The van der Waals surface area contributed by atoms with Crippen LogP contribution in [0.3, 0.4) is 0 Å². The lowest BCUT2D eigenvalue weighted by Crippen LogP contribution is -2.51. The zero-order valence-electron chi connectivity index (χ0n) is 20.2. The van der Waals surface area contributed by atoms with Crippen molar-refractivity contribution in [3.63, 3.8) is 0 Å². The van der Waals surface area contributed by atoms with Crippen LogP contribution in [0.4, 0.5) is 5.69 Å². The second-order valence-corrected chi connectivity index (χ2v) is 10.2. The molecule has 1 aromatic rings. The number of carbonyl (C=O) groups is 1. The first-order valence-corrected chi connectivity index (χ1v) is 12.5. The number of hydrazine groups is 1. The molecular weight excluding hydrogens is 510 g/mol. The van der Waals surface area contributed by atoms with Gasteiger partial charge in [-0.1, -0.05) is 0 Å². The van der Waals surface area contributed by atoms with Gasteiger partial charge in [0, 0.05) is 33.0 Å². The molecule has 0 aliphatic carbocycles. The van der Waals surface area contributed by atoms with Crippen molar-refractivity contribution in [3.05, 3.63) is 45.5 Å². The number of nitro groups is 1. The molecule has 1 aliphatic rings. The quantitative estimate of drug-likeness (QED) is 0.0671. The summed E-state index contributed by atoms with van der Waals surface area (Å²) in [5.74, 6) is 1.85. The van der Waals surface area contributed by atoms with Crippen molar-refractivity contribution >= 4 is 33.2 Å². The van der Waals surface area contributed by atoms with E-state index in [1.807, 2.05) is 6.07 Å². The number of hydrogen-bond donors (Lipinski definition) is 4. The number of sulfone groups is 1. The summed E-state index contributed by atoms with van der Waals surface area (Å²) in [6.45, 7) is 0.0251. The van der Waals surface area contributed by atoms with Crippen LogP contribution in [0.1, 0.15) is 18.4 Å². The maximum absolute atomic E-state index is 12.5. The Labute approximate surface area is 212 Å². The van der Waals surface area contributed by atoms with Crippen LogP contribution < -0.4 is 26.9 Å². The smallest absolute Gasteiger partial charge is 0.352 e. The molecule has 0 aromatic heterocycles. The van der Waals surface area contributed by atoms with Crippen LogP contribution in [0.25, 0.3) is 0 Å². The monoisotopic (exact) mass is 537 g/mol. The highest BCUT2D eigenvalue weighted by Crippen LogP contribution is 2.32. The van der Waals surface area contributed by atoms with Gasteiger partial charge in [0.2, 0.25) is 5.50 Å². The Bertz CT molecular complexity index is 1310. The predicted molar refractivity (Wildman–Crippen MR) is 133 cm³/mol. The number of hydrogen-bond acceptors (Lipinski definition) is 12. The van der Waals surface area contributed by atoms with Crippen molar-refractivity contribution in [2.24, 2.45) is 33.2 Å². The molecule has 7 N–H and O–H groups in total. The number of nitrogens with zero attached hydrogens (tertiary/aromatic N) is 6. The van der Waals surface area contributed by atoms with Crippen LogP contribution in [0.15, 0.2) is 39.8 Å². The van der Waals surface area contributed by atoms with Gasteiger partial charge in [-0.2, -0.15) is 5.26 Å². The van der Waals surface area contributed by atoms with E-state index >= 15 is 0 Å². The SMILES string of the molecule is CN(C)c1cc(OC2=C([N+](=O)[O-])C(C(CCCN=C(N)N)C(=O)O)=NC(S(C)(=O)=O)N2N)ccc1C#N. The molecule has 37 heavy (non-hydrogen) atoms. The summed E-state index contributed by atoms with van der Waals surface area (Å²) in [6, 6.07) is 6.11. The minimum absolute atomic E-state index is 0.0251. The van der Waals surface area contributed by atoms with Crippen molar-refractivity contribution < 1.29 is 28.0 Å². The molecule has 2 rings (SSSR count). The van der Waals surface area contributed by atoms with Crippen LogP contribution in [0.2, 0.25) is 0 Å². The van der Waals surface area contributed by atoms with E-state index in [2.05, 4.69) is 9.98 Å². The largest absolute Gasteiger partial charge is 0.481 e. The van der Waals surface area contributed by atoms with Crippen molar-refractivity contribution in [2.45, 2.75) is 18.3 Å². The van der Waals surface area contributed by atoms with Gasteiger partial charge in [-0.05, 0) is 25.0 Å². The molecular formula is C20H27N9O7S. The van der Waals surface area contributed by atoms with Gasteiger partial charge in [-0.3, -0.25) is 19.9 Å².